The molecule has 1 aromatic heterocycles. The van der Waals surface area contributed by atoms with Crippen LogP contribution in [0.3, 0.4) is 0 Å². The fraction of sp³-hybridized carbons (Fsp3) is 0.312. The van der Waals surface area contributed by atoms with Gasteiger partial charge in [-0.15, -0.1) is 0 Å². The first kappa shape index (κ1) is 14.6. The van der Waals surface area contributed by atoms with Crippen molar-refractivity contribution >= 4 is 17.4 Å². The second-order valence-corrected chi connectivity index (χ2v) is 6.24. The number of ketones is 1. The van der Waals surface area contributed by atoms with Gasteiger partial charge in [-0.25, -0.2) is 4.68 Å². The van der Waals surface area contributed by atoms with Crippen molar-refractivity contribution in [3.8, 4) is 0 Å². The molecule has 0 saturated heterocycles. The van der Waals surface area contributed by atoms with Gasteiger partial charge in [0.15, 0.2) is 5.78 Å². The fourth-order valence-electron chi connectivity index (χ4n) is 3.46. The Hall–Kier alpha value is -3.03. The van der Waals surface area contributed by atoms with Gasteiger partial charge in [0.1, 0.15) is 12.4 Å². The van der Waals surface area contributed by atoms with Crippen LogP contribution in [0.5, 0.6) is 0 Å². The first-order chi connectivity index (χ1) is 11.5. The molecule has 1 aliphatic carbocycles. The van der Waals surface area contributed by atoms with E-state index in [4.69, 9.17) is 0 Å². The van der Waals surface area contributed by atoms with Gasteiger partial charge in [0.05, 0.1) is 4.92 Å². The number of hydrogen-bond donors (Lipinski definition) is 1. The Morgan fingerprint density at radius 1 is 1.38 bits per heavy atom. The van der Waals surface area contributed by atoms with Gasteiger partial charge in [0.2, 0.25) is 5.95 Å². The van der Waals surface area contributed by atoms with Gasteiger partial charge in [-0.3, -0.25) is 14.9 Å². The first-order valence-electron chi connectivity index (χ1n) is 7.71. The van der Waals surface area contributed by atoms with Crippen LogP contribution in [0.4, 0.5) is 11.6 Å². The van der Waals surface area contributed by atoms with Gasteiger partial charge in [-0.2, -0.15) is 10.1 Å². The van der Waals surface area contributed by atoms with Crippen molar-refractivity contribution in [3.05, 3.63) is 57.5 Å². The van der Waals surface area contributed by atoms with E-state index in [1.165, 1.54) is 18.5 Å². The van der Waals surface area contributed by atoms with Crippen molar-refractivity contribution in [3.63, 3.8) is 0 Å². The molecule has 2 aromatic rings. The largest absolute Gasteiger partial charge is 0.328 e. The molecule has 0 amide bonds. The molecule has 1 N–H and O–H groups in total. The van der Waals surface area contributed by atoms with E-state index < -0.39 is 11.0 Å². The maximum absolute atomic E-state index is 12.7. The molecule has 24 heavy (non-hydrogen) atoms. The smallest absolute Gasteiger partial charge is 0.269 e. The molecule has 2 heterocycles. The number of benzene rings is 1. The summed E-state index contributed by atoms with van der Waals surface area (Å²) in [6.45, 7) is 2.03. The van der Waals surface area contributed by atoms with Crippen LogP contribution < -0.4 is 5.32 Å². The van der Waals surface area contributed by atoms with Crippen molar-refractivity contribution in [2.75, 3.05) is 5.32 Å². The van der Waals surface area contributed by atoms with Crippen molar-refractivity contribution in [2.45, 2.75) is 25.8 Å². The number of nitrogens with one attached hydrogen (secondary N) is 1. The van der Waals surface area contributed by atoms with Crippen molar-refractivity contribution in [2.24, 2.45) is 5.92 Å². The summed E-state index contributed by atoms with van der Waals surface area (Å²) in [6.07, 6.45) is 2.63. The monoisotopic (exact) mass is 325 g/mol. The van der Waals surface area contributed by atoms with E-state index >= 15 is 0 Å². The summed E-state index contributed by atoms with van der Waals surface area (Å²) in [7, 11) is 0. The first-order valence-corrected chi connectivity index (χ1v) is 7.71. The fourth-order valence-corrected chi connectivity index (χ4v) is 3.46. The van der Waals surface area contributed by atoms with Crippen LogP contribution in [0.15, 0.2) is 41.9 Å². The van der Waals surface area contributed by atoms with E-state index in [-0.39, 0.29) is 17.4 Å². The van der Waals surface area contributed by atoms with E-state index in [0.717, 1.165) is 12.1 Å². The van der Waals surface area contributed by atoms with Crippen LogP contribution in [0.1, 0.15) is 31.4 Å². The topological polar surface area (TPSA) is 103 Å². The highest BCUT2D eigenvalue weighted by Gasteiger charge is 2.38. The SMILES string of the molecule is C[C@@H]1CC(=O)C2=C(C1)Nc1ncnn1[C@H]2c1cccc([N+](=O)[O-])c1. The second kappa shape index (κ2) is 5.26. The summed E-state index contributed by atoms with van der Waals surface area (Å²) in [4.78, 5) is 27.5. The summed E-state index contributed by atoms with van der Waals surface area (Å²) in [5.74, 6) is 0.852. The Balaban J connectivity index is 1.90. The summed E-state index contributed by atoms with van der Waals surface area (Å²) < 4.78 is 1.62. The zero-order chi connectivity index (χ0) is 16.8. The van der Waals surface area contributed by atoms with E-state index in [9.17, 15) is 14.9 Å². The number of nitro benzene ring substituents is 1. The molecule has 8 nitrogen and oxygen atoms in total. The number of rotatable bonds is 2. The minimum Gasteiger partial charge on any atom is -0.328 e. The number of Topliss-reactive ketones (excluding diaryl/α,β-unsaturated/α-hetero) is 1. The average molecular weight is 325 g/mol. The third-order valence-corrected chi connectivity index (χ3v) is 4.46. The van der Waals surface area contributed by atoms with Crippen LogP contribution in [-0.4, -0.2) is 25.5 Å². The highest BCUT2D eigenvalue weighted by molar-refractivity contribution is 5.99. The lowest BCUT2D eigenvalue weighted by Crippen LogP contribution is -2.33. The number of carbonyl (C=O) groups is 1. The lowest BCUT2D eigenvalue weighted by atomic mass is 9.81. The molecule has 8 heteroatoms. The van der Waals surface area contributed by atoms with Crippen LogP contribution in [-0.2, 0) is 4.79 Å². The highest BCUT2D eigenvalue weighted by atomic mass is 16.6. The van der Waals surface area contributed by atoms with Gasteiger partial charge in [0.25, 0.3) is 5.69 Å². The molecule has 0 spiro atoms. The molecule has 2 aliphatic rings. The third-order valence-electron chi connectivity index (χ3n) is 4.46. The Morgan fingerprint density at radius 3 is 3.00 bits per heavy atom. The van der Waals surface area contributed by atoms with E-state index in [1.54, 1.807) is 16.8 Å². The number of nitrogens with zero attached hydrogens (tertiary/aromatic N) is 4. The van der Waals surface area contributed by atoms with Crippen molar-refractivity contribution in [1.82, 2.24) is 14.8 Å². The zero-order valence-electron chi connectivity index (χ0n) is 13.0. The Labute approximate surface area is 137 Å². The number of anilines is 1. The van der Waals surface area contributed by atoms with Crippen molar-refractivity contribution in [1.29, 1.82) is 0 Å². The van der Waals surface area contributed by atoms with Crippen LogP contribution in [0.2, 0.25) is 0 Å². The predicted octanol–water partition coefficient (Wildman–Crippen LogP) is 2.45. The van der Waals surface area contributed by atoms with Gasteiger partial charge in [0, 0.05) is 29.8 Å². The van der Waals surface area contributed by atoms with E-state index in [0.29, 0.717) is 23.5 Å². The number of hydrogen-bond acceptors (Lipinski definition) is 6. The molecule has 0 bridgehead atoms. The van der Waals surface area contributed by atoms with Crippen LogP contribution >= 0.6 is 0 Å². The Morgan fingerprint density at radius 2 is 2.21 bits per heavy atom. The number of aromatic nitrogens is 3. The number of allylic oxidation sites excluding steroid dienone is 2. The molecular formula is C16H15N5O3. The normalized spacial score (nSPS) is 22.6. The Kier molecular flexibility index (Phi) is 3.19. The number of non-ortho nitro benzene ring substituents is 1. The van der Waals surface area contributed by atoms with Crippen LogP contribution in [0.25, 0.3) is 0 Å². The highest BCUT2D eigenvalue weighted by Crippen LogP contribution is 2.41. The molecular weight excluding hydrogens is 310 g/mol. The summed E-state index contributed by atoms with van der Waals surface area (Å²) in [5, 5.41) is 18.5. The predicted molar refractivity (Wildman–Crippen MR) is 85.3 cm³/mol. The molecule has 0 fully saturated rings. The average Bonchev–Trinajstić information content (AvgIpc) is 3.00. The Bertz CT molecular complexity index is 885. The summed E-state index contributed by atoms with van der Waals surface area (Å²) in [5.41, 5.74) is 2.13. The summed E-state index contributed by atoms with van der Waals surface area (Å²) in [6, 6.07) is 5.86. The summed E-state index contributed by atoms with van der Waals surface area (Å²) >= 11 is 0. The van der Waals surface area contributed by atoms with Gasteiger partial charge in [-0.05, 0) is 17.9 Å². The molecule has 0 saturated carbocycles. The number of carbonyl (C=O) groups excluding carboxylic acids is 1. The number of fused-ring (bicyclic) bond motifs is 1. The quantitative estimate of drug-likeness (QED) is 0.672. The zero-order valence-corrected chi connectivity index (χ0v) is 13.0. The molecule has 1 aliphatic heterocycles. The minimum atomic E-state index is -0.487. The van der Waals surface area contributed by atoms with Gasteiger partial charge < -0.3 is 5.32 Å². The maximum Gasteiger partial charge on any atom is 0.269 e. The molecule has 1 aromatic carbocycles. The van der Waals surface area contributed by atoms with Gasteiger partial charge >= 0.3 is 0 Å². The van der Waals surface area contributed by atoms with Crippen LogP contribution in [0, 0.1) is 16.0 Å². The molecule has 2 atom stereocenters. The second-order valence-electron chi connectivity index (χ2n) is 6.24. The number of nitro groups is 1. The lowest BCUT2D eigenvalue weighted by Gasteiger charge is -2.34. The standard InChI is InChI=1S/C16H15N5O3/c1-9-5-12-14(13(22)6-9)15(20-16(19-12)17-8-18-20)10-3-2-4-11(7-10)21(23)24/h2-4,7-9,15H,5-6H2,1H3,(H,17,18,19)/t9-,15-/m0/s1. The minimum absolute atomic E-state index is 0.00789. The lowest BCUT2D eigenvalue weighted by molar-refractivity contribution is -0.384. The molecule has 0 unspecified atom stereocenters. The molecule has 122 valence electrons. The molecule has 0 radical (unpaired) electrons. The molecule has 4 rings (SSSR count). The van der Waals surface area contributed by atoms with E-state index in [2.05, 4.69) is 15.4 Å². The van der Waals surface area contributed by atoms with Crippen molar-refractivity contribution < 1.29 is 9.72 Å². The van der Waals surface area contributed by atoms with Gasteiger partial charge in [-0.1, -0.05) is 19.1 Å². The maximum atomic E-state index is 12.7. The van der Waals surface area contributed by atoms with E-state index in [1.807, 2.05) is 6.92 Å². The third kappa shape index (κ3) is 2.18.